The highest BCUT2D eigenvalue weighted by Gasteiger charge is 2.22. The maximum Gasteiger partial charge on any atom is 0.305 e. The Hall–Kier alpha value is -1.15. The summed E-state index contributed by atoms with van der Waals surface area (Å²) < 4.78 is 27.1. The van der Waals surface area contributed by atoms with Gasteiger partial charge in [0.05, 0.1) is 0 Å². The van der Waals surface area contributed by atoms with Gasteiger partial charge in [0, 0.05) is 16.8 Å². The lowest BCUT2D eigenvalue weighted by Crippen LogP contribution is -2.34. The first-order valence-corrected chi connectivity index (χ1v) is 8.92. The summed E-state index contributed by atoms with van der Waals surface area (Å²) >= 11 is 6.59. The van der Waals surface area contributed by atoms with Gasteiger partial charge in [-0.1, -0.05) is 35.1 Å². The molecule has 21 heavy (non-hydrogen) atoms. The van der Waals surface area contributed by atoms with Crippen molar-refractivity contribution in [1.82, 2.24) is 9.71 Å². The third-order valence-corrected chi connectivity index (χ3v) is 6.24. The summed E-state index contributed by atoms with van der Waals surface area (Å²) in [5, 5.41) is 0.613. The van der Waals surface area contributed by atoms with Gasteiger partial charge in [0.25, 0.3) is 10.0 Å². The topological polar surface area (TPSA) is 79.0 Å². The molecule has 1 heterocycles. The second-order valence-electron chi connectivity index (χ2n) is 4.78. The van der Waals surface area contributed by atoms with Crippen molar-refractivity contribution >= 4 is 33.0 Å². The molecule has 1 atom stereocenters. The van der Waals surface area contributed by atoms with Crippen LogP contribution in [0.3, 0.4) is 0 Å². The van der Waals surface area contributed by atoms with Crippen LogP contribution in [-0.4, -0.2) is 19.4 Å². The van der Waals surface area contributed by atoms with Crippen LogP contribution in [0.5, 0.6) is 0 Å². The molecule has 1 aromatic heterocycles. The van der Waals surface area contributed by atoms with Crippen LogP contribution >= 0.6 is 22.9 Å². The zero-order valence-electron chi connectivity index (χ0n) is 11.5. The van der Waals surface area contributed by atoms with Crippen LogP contribution in [0.2, 0.25) is 5.02 Å². The smallest absolute Gasteiger partial charge is 0.305 e. The molecule has 0 saturated carbocycles. The normalized spacial score (nSPS) is 13.3. The third kappa shape index (κ3) is 4.16. The van der Waals surface area contributed by atoms with Gasteiger partial charge in [0.1, 0.15) is 0 Å². The molecule has 2 N–H and O–H groups in total. The molecule has 1 aromatic carbocycles. The molecule has 114 valence electrons. The van der Waals surface area contributed by atoms with Crippen molar-refractivity contribution in [3.63, 3.8) is 0 Å². The summed E-state index contributed by atoms with van der Waals surface area (Å²) in [4.78, 5) is 13.3. The standard InChI is InChI=1S/C13H15ClN2O3S2/c1-8(6-10-4-3-5-11(14)7-10)16-21(18,19)12-9(2)15-13(17)20-12/h3-5,7-8,16H,6H2,1-2H3,(H,15,17). The zero-order valence-corrected chi connectivity index (χ0v) is 13.9. The Morgan fingerprint density at radius 2 is 2.14 bits per heavy atom. The second-order valence-corrected chi connectivity index (χ2v) is 8.11. The van der Waals surface area contributed by atoms with Crippen LogP contribution in [0.4, 0.5) is 0 Å². The SMILES string of the molecule is Cc1[nH]c(=O)sc1S(=O)(=O)NC(C)Cc1cccc(Cl)c1. The van der Waals surface area contributed by atoms with Crippen LogP contribution in [-0.2, 0) is 16.4 Å². The molecular weight excluding hydrogens is 332 g/mol. The van der Waals surface area contributed by atoms with Gasteiger partial charge in [-0.25, -0.2) is 13.1 Å². The highest BCUT2D eigenvalue weighted by molar-refractivity contribution is 7.91. The van der Waals surface area contributed by atoms with Crippen molar-refractivity contribution in [2.75, 3.05) is 0 Å². The first-order valence-electron chi connectivity index (χ1n) is 6.24. The van der Waals surface area contributed by atoms with E-state index in [0.717, 1.165) is 5.56 Å². The number of benzene rings is 1. The van der Waals surface area contributed by atoms with E-state index in [-0.39, 0.29) is 15.1 Å². The lowest BCUT2D eigenvalue weighted by atomic mass is 10.1. The first kappa shape index (κ1) is 16.2. The highest BCUT2D eigenvalue weighted by Crippen LogP contribution is 2.17. The maximum atomic E-state index is 12.2. The van der Waals surface area contributed by atoms with Crippen LogP contribution in [0.1, 0.15) is 18.2 Å². The number of aromatic amines is 1. The fourth-order valence-electron chi connectivity index (χ4n) is 2.02. The Labute approximate surface area is 132 Å². The molecule has 0 aliphatic carbocycles. The van der Waals surface area contributed by atoms with Crippen LogP contribution in [0.25, 0.3) is 0 Å². The monoisotopic (exact) mass is 346 g/mol. The minimum absolute atomic E-state index is 0.0328. The predicted octanol–water partition coefficient (Wildman–Crippen LogP) is 2.31. The van der Waals surface area contributed by atoms with E-state index in [4.69, 9.17) is 11.6 Å². The Morgan fingerprint density at radius 1 is 1.43 bits per heavy atom. The van der Waals surface area contributed by atoms with E-state index >= 15 is 0 Å². The summed E-state index contributed by atoms with van der Waals surface area (Å²) in [6, 6.07) is 6.95. The van der Waals surface area contributed by atoms with Crippen molar-refractivity contribution in [2.24, 2.45) is 0 Å². The van der Waals surface area contributed by atoms with E-state index in [1.165, 1.54) is 0 Å². The molecule has 0 bridgehead atoms. The third-order valence-electron chi connectivity index (χ3n) is 2.81. The van der Waals surface area contributed by atoms with Crippen LogP contribution in [0, 0.1) is 6.92 Å². The van der Waals surface area contributed by atoms with Crippen molar-refractivity contribution in [2.45, 2.75) is 30.5 Å². The Morgan fingerprint density at radius 3 is 2.71 bits per heavy atom. The summed E-state index contributed by atoms with van der Waals surface area (Å²) in [5.41, 5.74) is 1.30. The quantitative estimate of drug-likeness (QED) is 0.871. The highest BCUT2D eigenvalue weighted by atomic mass is 35.5. The average Bonchev–Trinajstić information content (AvgIpc) is 2.68. The number of hydrogen-bond donors (Lipinski definition) is 2. The minimum atomic E-state index is -3.70. The first-order chi connectivity index (χ1) is 9.78. The van der Waals surface area contributed by atoms with E-state index in [2.05, 4.69) is 9.71 Å². The number of rotatable bonds is 5. The Balaban J connectivity index is 2.13. The van der Waals surface area contributed by atoms with Crippen LogP contribution in [0.15, 0.2) is 33.3 Å². The Bertz CT molecular complexity index is 796. The fraction of sp³-hybridized carbons (Fsp3) is 0.308. The molecule has 0 spiro atoms. The van der Waals surface area contributed by atoms with E-state index in [1.807, 2.05) is 12.1 Å². The second kappa shape index (κ2) is 6.31. The number of H-pyrrole nitrogens is 1. The summed E-state index contributed by atoms with van der Waals surface area (Å²) in [5.74, 6) is 0. The zero-order chi connectivity index (χ0) is 15.6. The molecule has 0 fully saturated rings. The average molecular weight is 347 g/mol. The van der Waals surface area contributed by atoms with Gasteiger partial charge in [-0.15, -0.1) is 0 Å². The van der Waals surface area contributed by atoms with Crippen molar-refractivity contribution in [1.29, 1.82) is 0 Å². The molecule has 0 radical (unpaired) electrons. The summed E-state index contributed by atoms with van der Waals surface area (Å²) in [6.07, 6.45) is 0.512. The van der Waals surface area contributed by atoms with Gasteiger partial charge in [0.2, 0.25) is 0 Å². The molecule has 2 rings (SSSR count). The predicted molar refractivity (Wildman–Crippen MR) is 84.6 cm³/mol. The van der Waals surface area contributed by atoms with E-state index < -0.39 is 10.0 Å². The fourth-order valence-corrected chi connectivity index (χ4v) is 4.80. The number of thiazole rings is 1. The summed E-state index contributed by atoms with van der Waals surface area (Å²) in [6.45, 7) is 3.33. The number of hydrogen-bond acceptors (Lipinski definition) is 4. The number of halogens is 1. The molecule has 0 saturated heterocycles. The lowest BCUT2D eigenvalue weighted by Gasteiger charge is -2.14. The molecule has 8 heteroatoms. The molecule has 1 unspecified atom stereocenters. The molecule has 5 nitrogen and oxygen atoms in total. The molecule has 0 aliphatic heterocycles. The van der Waals surface area contributed by atoms with Gasteiger partial charge in [0.15, 0.2) is 4.21 Å². The summed E-state index contributed by atoms with van der Waals surface area (Å²) in [7, 11) is -3.70. The van der Waals surface area contributed by atoms with E-state index in [0.29, 0.717) is 28.5 Å². The molecule has 2 aromatic rings. The largest absolute Gasteiger partial charge is 0.315 e. The maximum absolute atomic E-state index is 12.2. The minimum Gasteiger partial charge on any atom is -0.315 e. The van der Waals surface area contributed by atoms with E-state index in [1.54, 1.807) is 26.0 Å². The van der Waals surface area contributed by atoms with Crippen LogP contribution < -0.4 is 9.60 Å². The number of aryl methyl sites for hydroxylation is 1. The van der Waals surface area contributed by atoms with Crippen molar-refractivity contribution in [3.05, 3.63) is 50.2 Å². The van der Waals surface area contributed by atoms with Crippen molar-refractivity contribution in [3.8, 4) is 0 Å². The molecule has 0 amide bonds. The number of nitrogens with one attached hydrogen (secondary N) is 2. The number of aromatic nitrogens is 1. The van der Waals surface area contributed by atoms with Crippen molar-refractivity contribution < 1.29 is 8.42 Å². The molecular formula is C13H15ClN2O3S2. The van der Waals surface area contributed by atoms with Gasteiger partial charge >= 0.3 is 4.87 Å². The van der Waals surface area contributed by atoms with E-state index in [9.17, 15) is 13.2 Å². The van der Waals surface area contributed by atoms with Gasteiger partial charge in [-0.2, -0.15) is 0 Å². The van der Waals surface area contributed by atoms with Gasteiger partial charge in [-0.3, -0.25) is 4.79 Å². The lowest BCUT2D eigenvalue weighted by molar-refractivity contribution is 0.561. The van der Waals surface area contributed by atoms with Gasteiger partial charge < -0.3 is 4.98 Å². The molecule has 0 aliphatic rings. The van der Waals surface area contributed by atoms with Gasteiger partial charge in [-0.05, 0) is 38.0 Å². The number of sulfonamides is 1. The Kier molecular flexibility index (Phi) is 4.88.